The van der Waals surface area contributed by atoms with E-state index in [0.717, 1.165) is 5.52 Å². The minimum Gasteiger partial charge on any atom is -0.481 e. The van der Waals surface area contributed by atoms with Crippen molar-refractivity contribution in [2.75, 3.05) is 0 Å². The molecule has 0 aliphatic carbocycles. The summed E-state index contributed by atoms with van der Waals surface area (Å²) >= 11 is 6.21. The monoisotopic (exact) mass is 327 g/mol. The lowest BCUT2D eigenvalue weighted by molar-refractivity contribution is -0.138. The predicted molar refractivity (Wildman–Crippen MR) is 89.1 cm³/mol. The van der Waals surface area contributed by atoms with Gasteiger partial charge in [0.25, 0.3) is 0 Å². The number of hydrogen-bond donors (Lipinski definition) is 2. The third-order valence-electron chi connectivity index (χ3n) is 3.84. The fraction of sp³-hybridized carbons (Fsp3) is 0.111. The first-order valence-electron chi connectivity index (χ1n) is 7.14. The average Bonchev–Trinajstić information content (AvgIpc) is 2.98. The molecule has 0 amide bonds. The number of carbonyl (C=O) groups is 2. The van der Waals surface area contributed by atoms with E-state index < -0.39 is 11.9 Å². The zero-order valence-electron chi connectivity index (χ0n) is 12.1. The summed E-state index contributed by atoms with van der Waals surface area (Å²) in [4.78, 5) is 27.1. The van der Waals surface area contributed by atoms with Gasteiger partial charge >= 0.3 is 5.97 Å². The minimum atomic E-state index is -1.05. The summed E-state index contributed by atoms with van der Waals surface area (Å²) in [6, 6.07) is 14.0. The van der Waals surface area contributed by atoms with Gasteiger partial charge in [-0.15, -0.1) is 0 Å². The van der Waals surface area contributed by atoms with Gasteiger partial charge in [0.05, 0.1) is 10.9 Å². The Morgan fingerprint density at radius 2 is 1.83 bits per heavy atom. The van der Waals surface area contributed by atoms with Crippen LogP contribution in [0.5, 0.6) is 0 Å². The molecule has 0 spiro atoms. The normalized spacial score (nSPS) is 12.2. The number of nitrogens with one attached hydrogen (secondary N) is 1. The topological polar surface area (TPSA) is 70.2 Å². The molecule has 0 fully saturated rings. The summed E-state index contributed by atoms with van der Waals surface area (Å²) in [5.41, 5.74) is 1.79. The van der Waals surface area contributed by atoms with E-state index in [9.17, 15) is 14.7 Å². The molecule has 5 heteroatoms. The first kappa shape index (κ1) is 15.3. The van der Waals surface area contributed by atoms with Crippen LogP contribution in [-0.2, 0) is 4.79 Å². The molecule has 1 atom stereocenters. The number of halogens is 1. The van der Waals surface area contributed by atoms with Gasteiger partial charge in [-0.05, 0) is 17.7 Å². The van der Waals surface area contributed by atoms with E-state index in [1.807, 2.05) is 12.1 Å². The molecule has 0 aliphatic heterocycles. The van der Waals surface area contributed by atoms with Crippen LogP contribution in [0, 0.1) is 0 Å². The Kier molecular flexibility index (Phi) is 4.17. The van der Waals surface area contributed by atoms with Gasteiger partial charge in [0.1, 0.15) is 0 Å². The van der Waals surface area contributed by atoms with Crippen LogP contribution >= 0.6 is 11.6 Å². The van der Waals surface area contributed by atoms with Gasteiger partial charge in [0.2, 0.25) is 0 Å². The molecule has 2 N–H and O–H groups in total. The number of carboxylic acid groups (broad SMARTS) is 1. The van der Waals surface area contributed by atoms with E-state index in [1.54, 1.807) is 42.6 Å². The number of carbonyl (C=O) groups excluding carboxylic acids is 1. The summed E-state index contributed by atoms with van der Waals surface area (Å²) in [5, 5.41) is 10.7. The van der Waals surface area contributed by atoms with Gasteiger partial charge in [-0.3, -0.25) is 9.59 Å². The Bertz CT molecular complexity index is 870. The lowest BCUT2D eigenvalue weighted by atomic mass is 9.91. The van der Waals surface area contributed by atoms with Gasteiger partial charge < -0.3 is 10.1 Å². The Morgan fingerprint density at radius 3 is 2.52 bits per heavy atom. The van der Waals surface area contributed by atoms with Crippen molar-refractivity contribution in [1.82, 2.24) is 4.98 Å². The maximum absolute atomic E-state index is 12.4. The van der Waals surface area contributed by atoms with Crippen molar-refractivity contribution in [2.45, 2.75) is 12.3 Å². The summed E-state index contributed by atoms with van der Waals surface area (Å²) < 4.78 is 0. The summed E-state index contributed by atoms with van der Waals surface area (Å²) in [5.74, 6) is -2.20. The lowest BCUT2D eigenvalue weighted by Crippen LogP contribution is -2.16. The van der Waals surface area contributed by atoms with Crippen LogP contribution in [0.2, 0.25) is 5.02 Å². The van der Waals surface area contributed by atoms with Crippen molar-refractivity contribution < 1.29 is 14.7 Å². The Hall–Kier alpha value is -2.59. The fourth-order valence-electron chi connectivity index (χ4n) is 2.70. The van der Waals surface area contributed by atoms with Crippen molar-refractivity contribution >= 4 is 34.3 Å². The molecule has 2 aromatic carbocycles. The number of fused-ring (bicyclic) bond motifs is 1. The van der Waals surface area contributed by atoms with Gasteiger partial charge in [-0.25, -0.2) is 0 Å². The number of aromatic nitrogens is 1. The van der Waals surface area contributed by atoms with Crippen molar-refractivity contribution in [3.05, 3.63) is 70.9 Å². The molecule has 4 nitrogen and oxygen atoms in total. The van der Waals surface area contributed by atoms with E-state index in [0.29, 0.717) is 21.5 Å². The molecule has 1 unspecified atom stereocenters. The maximum atomic E-state index is 12.4. The molecule has 0 saturated heterocycles. The molecular formula is C18H14ClNO3. The lowest BCUT2D eigenvalue weighted by Gasteiger charge is -2.11. The van der Waals surface area contributed by atoms with E-state index in [2.05, 4.69) is 4.98 Å². The number of aliphatic carboxylic acids is 1. The quantitative estimate of drug-likeness (QED) is 0.688. The van der Waals surface area contributed by atoms with E-state index in [4.69, 9.17) is 11.6 Å². The maximum Gasteiger partial charge on any atom is 0.311 e. The van der Waals surface area contributed by atoms with Crippen molar-refractivity contribution in [1.29, 1.82) is 0 Å². The number of carboxylic acids is 1. The summed E-state index contributed by atoms with van der Waals surface area (Å²) in [7, 11) is 0. The van der Waals surface area contributed by atoms with Gasteiger partial charge in [-0.1, -0.05) is 48.0 Å². The second kappa shape index (κ2) is 6.26. The third kappa shape index (κ3) is 2.98. The van der Waals surface area contributed by atoms with Gasteiger partial charge in [0.15, 0.2) is 5.78 Å². The largest absolute Gasteiger partial charge is 0.481 e. The Morgan fingerprint density at radius 1 is 1.09 bits per heavy atom. The highest BCUT2D eigenvalue weighted by molar-refractivity contribution is 6.35. The average molecular weight is 328 g/mol. The highest BCUT2D eigenvalue weighted by Crippen LogP contribution is 2.33. The van der Waals surface area contributed by atoms with Crippen LogP contribution in [0.1, 0.15) is 28.3 Å². The SMILES string of the molecule is O=C(CC(C(=O)O)c1c[nH]c2cccc(Cl)c12)c1ccccc1. The molecule has 3 aromatic rings. The first-order valence-corrected chi connectivity index (χ1v) is 7.52. The number of H-pyrrole nitrogens is 1. The molecule has 116 valence electrons. The number of hydrogen-bond acceptors (Lipinski definition) is 2. The van der Waals surface area contributed by atoms with Crippen molar-refractivity contribution in [2.24, 2.45) is 0 Å². The standard InChI is InChI=1S/C18H14ClNO3/c19-14-7-4-8-15-17(14)13(10-20-15)12(18(22)23)9-16(21)11-5-2-1-3-6-11/h1-8,10,12,20H,9H2,(H,22,23). The third-order valence-corrected chi connectivity index (χ3v) is 4.16. The van der Waals surface area contributed by atoms with E-state index >= 15 is 0 Å². The number of aromatic amines is 1. The van der Waals surface area contributed by atoms with Crippen LogP contribution in [0.4, 0.5) is 0 Å². The van der Waals surface area contributed by atoms with Crippen molar-refractivity contribution in [3.8, 4) is 0 Å². The number of rotatable bonds is 5. The molecule has 23 heavy (non-hydrogen) atoms. The van der Waals surface area contributed by atoms with Crippen LogP contribution < -0.4 is 0 Å². The molecule has 1 heterocycles. The molecule has 0 radical (unpaired) electrons. The summed E-state index contributed by atoms with van der Waals surface area (Å²) in [6.07, 6.45) is 1.51. The smallest absolute Gasteiger partial charge is 0.311 e. The van der Waals surface area contributed by atoms with Crippen LogP contribution in [0.15, 0.2) is 54.7 Å². The molecule has 0 saturated carbocycles. The van der Waals surface area contributed by atoms with Crippen LogP contribution in [0.3, 0.4) is 0 Å². The second-order valence-corrected chi connectivity index (χ2v) is 5.70. The molecular weight excluding hydrogens is 314 g/mol. The highest BCUT2D eigenvalue weighted by Gasteiger charge is 2.27. The first-order chi connectivity index (χ1) is 11.1. The highest BCUT2D eigenvalue weighted by atomic mass is 35.5. The molecule has 3 rings (SSSR count). The zero-order valence-corrected chi connectivity index (χ0v) is 12.9. The second-order valence-electron chi connectivity index (χ2n) is 5.29. The zero-order chi connectivity index (χ0) is 16.4. The molecule has 0 bridgehead atoms. The molecule has 0 aliphatic rings. The number of benzene rings is 2. The van der Waals surface area contributed by atoms with Crippen LogP contribution in [0.25, 0.3) is 10.9 Å². The summed E-state index contributed by atoms with van der Waals surface area (Å²) in [6.45, 7) is 0. The van der Waals surface area contributed by atoms with Gasteiger partial charge in [0, 0.05) is 29.1 Å². The fourth-order valence-corrected chi connectivity index (χ4v) is 2.98. The van der Waals surface area contributed by atoms with E-state index in [-0.39, 0.29) is 12.2 Å². The number of Topliss-reactive ketones (excluding diaryl/α,β-unsaturated/α-hetero) is 1. The number of ketones is 1. The van der Waals surface area contributed by atoms with E-state index in [1.165, 1.54) is 0 Å². The predicted octanol–water partition coefficient (Wildman–Crippen LogP) is 4.26. The Balaban J connectivity index is 1.99. The Labute approximate surface area is 137 Å². The van der Waals surface area contributed by atoms with Crippen molar-refractivity contribution in [3.63, 3.8) is 0 Å². The minimum absolute atomic E-state index is 0.114. The molecule has 1 aromatic heterocycles. The van der Waals surface area contributed by atoms with Crippen LogP contribution in [-0.4, -0.2) is 21.8 Å². The van der Waals surface area contributed by atoms with Gasteiger partial charge in [-0.2, -0.15) is 0 Å².